The van der Waals surface area contributed by atoms with Crippen LogP contribution in [0, 0.1) is 6.92 Å². The maximum absolute atomic E-state index is 11.8. The van der Waals surface area contributed by atoms with E-state index in [-0.39, 0.29) is 6.42 Å². The van der Waals surface area contributed by atoms with Gasteiger partial charge in [0, 0.05) is 6.42 Å². The van der Waals surface area contributed by atoms with Crippen LogP contribution in [-0.2, 0) is 16.0 Å². The van der Waals surface area contributed by atoms with E-state index in [1.54, 1.807) is 45.0 Å². The normalized spacial score (nSPS) is 12.1. The number of carbonyl (C=O) groups excluding carboxylic acids is 1. The van der Waals surface area contributed by atoms with Crippen molar-refractivity contribution in [3.05, 3.63) is 59.7 Å². The minimum absolute atomic E-state index is 0.138. The van der Waals surface area contributed by atoms with E-state index in [4.69, 9.17) is 9.47 Å². The Kier molecular flexibility index (Phi) is 6.45. The van der Waals surface area contributed by atoms with Crippen LogP contribution in [0.4, 0.5) is 4.79 Å². The Labute approximate surface area is 159 Å². The van der Waals surface area contributed by atoms with E-state index in [0.29, 0.717) is 5.75 Å². The van der Waals surface area contributed by atoms with Crippen LogP contribution in [0.3, 0.4) is 0 Å². The van der Waals surface area contributed by atoms with Gasteiger partial charge in [-0.1, -0.05) is 24.3 Å². The smallest absolute Gasteiger partial charge is 0.408 e. The number of alkyl carbamates (subject to hydrolysis) is 1. The molecule has 2 aromatic carbocycles. The molecule has 0 fully saturated rings. The molecule has 0 aliphatic heterocycles. The third kappa shape index (κ3) is 7.01. The summed E-state index contributed by atoms with van der Waals surface area (Å²) < 4.78 is 10.9. The number of amides is 1. The van der Waals surface area contributed by atoms with Crippen LogP contribution in [0.15, 0.2) is 48.5 Å². The standard InChI is InChI=1S/C21H25NO5/c1-14-6-5-7-17(12-14)26-16-10-8-15(9-11-16)13-18(19(23)24)22-20(25)27-21(2,3)4/h5-12,18H,13H2,1-4H3,(H,22,25)(H,23,24)/t18-/m1/s1. The van der Waals surface area contributed by atoms with Crippen LogP contribution in [-0.4, -0.2) is 28.8 Å². The van der Waals surface area contributed by atoms with Crippen molar-refractivity contribution in [2.45, 2.75) is 45.8 Å². The molecular weight excluding hydrogens is 346 g/mol. The van der Waals surface area contributed by atoms with Crippen molar-refractivity contribution in [1.82, 2.24) is 5.32 Å². The van der Waals surface area contributed by atoms with Crippen LogP contribution in [0.5, 0.6) is 11.5 Å². The van der Waals surface area contributed by atoms with Crippen LogP contribution < -0.4 is 10.1 Å². The van der Waals surface area contributed by atoms with Crippen LogP contribution in [0.1, 0.15) is 31.9 Å². The summed E-state index contributed by atoms with van der Waals surface area (Å²) >= 11 is 0. The molecule has 0 spiro atoms. The monoisotopic (exact) mass is 371 g/mol. The molecule has 0 aliphatic carbocycles. The summed E-state index contributed by atoms with van der Waals surface area (Å²) in [7, 11) is 0. The van der Waals surface area contributed by atoms with Crippen LogP contribution in [0.2, 0.25) is 0 Å². The zero-order valence-corrected chi connectivity index (χ0v) is 16.0. The largest absolute Gasteiger partial charge is 0.480 e. The molecule has 0 saturated carbocycles. The Bertz CT molecular complexity index is 793. The van der Waals surface area contributed by atoms with E-state index in [0.717, 1.165) is 16.9 Å². The van der Waals surface area contributed by atoms with Gasteiger partial charge in [-0.15, -0.1) is 0 Å². The Morgan fingerprint density at radius 2 is 1.74 bits per heavy atom. The van der Waals surface area contributed by atoms with Crippen molar-refractivity contribution in [2.75, 3.05) is 0 Å². The van der Waals surface area contributed by atoms with Gasteiger partial charge in [-0.05, 0) is 63.1 Å². The molecule has 0 unspecified atom stereocenters. The van der Waals surface area contributed by atoms with Crippen molar-refractivity contribution in [3.8, 4) is 11.5 Å². The SMILES string of the molecule is Cc1cccc(Oc2ccc(C[C@@H](NC(=O)OC(C)(C)C)C(=O)O)cc2)c1. The summed E-state index contributed by atoms with van der Waals surface area (Å²) in [5.74, 6) is 0.259. The first-order valence-electron chi connectivity index (χ1n) is 8.68. The maximum Gasteiger partial charge on any atom is 0.408 e. The minimum Gasteiger partial charge on any atom is -0.480 e. The van der Waals surface area contributed by atoms with Gasteiger partial charge in [-0.3, -0.25) is 0 Å². The average molecular weight is 371 g/mol. The van der Waals surface area contributed by atoms with Gasteiger partial charge in [0.15, 0.2) is 0 Å². The predicted molar refractivity (Wildman–Crippen MR) is 102 cm³/mol. The number of aryl methyl sites for hydroxylation is 1. The fraction of sp³-hybridized carbons (Fsp3) is 0.333. The second-order valence-electron chi connectivity index (χ2n) is 7.30. The lowest BCUT2D eigenvalue weighted by molar-refractivity contribution is -0.139. The molecule has 0 radical (unpaired) electrons. The molecular formula is C21H25NO5. The van der Waals surface area contributed by atoms with Crippen molar-refractivity contribution in [3.63, 3.8) is 0 Å². The van der Waals surface area contributed by atoms with E-state index in [1.807, 2.05) is 31.2 Å². The molecule has 0 saturated heterocycles. The fourth-order valence-corrected chi connectivity index (χ4v) is 2.39. The summed E-state index contributed by atoms with van der Waals surface area (Å²) in [6.45, 7) is 7.14. The molecule has 2 N–H and O–H groups in total. The molecule has 2 rings (SSSR count). The highest BCUT2D eigenvalue weighted by atomic mass is 16.6. The Balaban J connectivity index is 2.00. The Morgan fingerprint density at radius 3 is 2.30 bits per heavy atom. The van der Waals surface area contributed by atoms with Crippen molar-refractivity contribution in [2.24, 2.45) is 0 Å². The number of ether oxygens (including phenoxy) is 2. The van der Waals surface area contributed by atoms with Crippen molar-refractivity contribution >= 4 is 12.1 Å². The Hall–Kier alpha value is -3.02. The molecule has 6 heteroatoms. The van der Waals surface area contributed by atoms with Gasteiger partial charge in [0.25, 0.3) is 0 Å². The van der Waals surface area contributed by atoms with Gasteiger partial charge < -0.3 is 19.9 Å². The highest BCUT2D eigenvalue weighted by molar-refractivity contribution is 5.80. The summed E-state index contributed by atoms with van der Waals surface area (Å²) in [5.41, 5.74) is 1.17. The van der Waals surface area contributed by atoms with E-state index < -0.39 is 23.7 Å². The molecule has 27 heavy (non-hydrogen) atoms. The summed E-state index contributed by atoms with van der Waals surface area (Å²) in [6.07, 6.45) is -0.617. The number of carboxylic acid groups (broad SMARTS) is 1. The van der Waals surface area contributed by atoms with Gasteiger partial charge in [0.05, 0.1) is 0 Å². The van der Waals surface area contributed by atoms with E-state index in [2.05, 4.69) is 5.32 Å². The molecule has 6 nitrogen and oxygen atoms in total. The first-order valence-corrected chi connectivity index (χ1v) is 8.68. The highest BCUT2D eigenvalue weighted by Gasteiger charge is 2.24. The average Bonchev–Trinajstić information content (AvgIpc) is 2.54. The molecule has 0 bridgehead atoms. The lowest BCUT2D eigenvalue weighted by atomic mass is 10.1. The number of benzene rings is 2. The topological polar surface area (TPSA) is 84.9 Å². The molecule has 2 aromatic rings. The number of nitrogens with one attached hydrogen (secondary N) is 1. The van der Waals surface area contributed by atoms with Gasteiger partial charge in [-0.2, -0.15) is 0 Å². The second kappa shape index (κ2) is 8.58. The fourth-order valence-electron chi connectivity index (χ4n) is 2.39. The van der Waals surface area contributed by atoms with Crippen LogP contribution in [0.25, 0.3) is 0 Å². The number of aliphatic carboxylic acids is 1. The lowest BCUT2D eigenvalue weighted by Crippen LogP contribution is -2.44. The van der Waals surface area contributed by atoms with Gasteiger partial charge in [-0.25, -0.2) is 9.59 Å². The molecule has 144 valence electrons. The molecule has 1 atom stereocenters. The number of rotatable bonds is 6. The third-order valence-corrected chi connectivity index (χ3v) is 3.58. The Morgan fingerprint density at radius 1 is 1.07 bits per heavy atom. The van der Waals surface area contributed by atoms with Crippen molar-refractivity contribution in [1.29, 1.82) is 0 Å². The lowest BCUT2D eigenvalue weighted by Gasteiger charge is -2.22. The van der Waals surface area contributed by atoms with E-state index in [9.17, 15) is 14.7 Å². The van der Waals surface area contributed by atoms with Gasteiger partial charge in [0.2, 0.25) is 0 Å². The van der Waals surface area contributed by atoms with Crippen molar-refractivity contribution < 1.29 is 24.2 Å². The quantitative estimate of drug-likeness (QED) is 0.790. The zero-order valence-electron chi connectivity index (χ0n) is 16.0. The molecule has 0 heterocycles. The number of hydrogen-bond donors (Lipinski definition) is 2. The first kappa shape index (κ1) is 20.3. The number of hydrogen-bond acceptors (Lipinski definition) is 4. The number of carboxylic acids is 1. The van der Waals surface area contributed by atoms with Gasteiger partial charge >= 0.3 is 12.1 Å². The summed E-state index contributed by atoms with van der Waals surface area (Å²) in [5, 5.41) is 11.8. The number of carbonyl (C=O) groups is 2. The first-order chi connectivity index (χ1) is 12.6. The maximum atomic E-state index is 11.8. The van der Waals surface area contributed by atoms with E-state index >= 15 is 0 Å². The summed E-state index contributed by atoms with van der Waals surface area (Å²) in [6, 6.07) is 13.7. The highest BCUT2D eigenvalue weighted by Crippen LogP contribution is 2.22. The molecule has 0 aromatic heterocycles. The zero-order chi connectivity index (χ0) is 20.0. The van der Waals surface area contributed by atoms with Crippen LogP contribution >= 0.6 is 0 Å². The molecule has 1 amide bonds. The summed E-state index contributed by atoms with van der Waals surface area (Å²) in [4.78, 5) is 23.3. The van der Waals surface area contributed by atoms with E-state index in [1.165, 1.54) is 0 Å². The molecule has 0 aliphatic rings. The van der Waals surface area contributed by atoms with Gasteiger partial charge in [0.1, 0.15) is 23.1 Å². The predicted octanol–water partition coefficient (Wildman–Crippen LogP) is 4.31. The third-order valence-electron chi connectivity index (χ3n) is 3.58. The second-order valence-corrected chi connectivity index (χ2v) is 7.30. The minimum atomic E-state index is -1.12.